The Bertz CT molecular complexity index is 1310. The number of nitrogens with one attached hydrogen (secondary N) is 2. The molecule has 0 atom stereocenters. The van der Waals surface area contributed by atoms with E-state index in [0.717, 1.165) is 0 Å². The quantitative estimate of drug-likeness (QED) is 0.407. The first kappa shape index (κ1) is 24.9. The van der Waals surface area contributed by atoms with Gasteiger partial charge < -0.3 is 19.5 Å². The van der Waals surface area contributed by atoms with E-state index in [2.05, 4.69) is 10.0 Å². The summed E-state index contributed by atoms with van der Waals surface area (Å²) in [6, 6.07) is 15.6. The van der Waals surface area contributed by atoms with Crippen molar-refractivity contribution in [3.63, 3.8) is 0 Å². The lowest BCUT2D eigenvalue weighted by atomic mass is 10.1. The minimum absolute atomic E-state index is 0.0380. The molecule has 0 saturated heterocycles. The fourth-order valence-electron chi connectivity index (χ4n) is 3.09. The predicted molar refractivity (Wildman–Crippen MR) is 132 cm³/mol. The molecule has 10 heteroatoms. The molecule has 34 heavy (non-hydrogen) atoms. The van der Waals surface area contributed by atoms with Gasteiger partial charge in [0.25, 0.3) is 10.0 Å². The van der Waals surface area contributed by atoms with Crippen molar-refractivity contribution in [2.45, 2.75) is 4.90 Å². The van der Waals surface area contributed by atoms with Crippen LogP contribution in [0.3, 0.4) is 0 Å². The van der Waals surface area contributed by atoms with Crippen LogP contribution in [0.1, 0.15) is 5.56 Å². The molecule has 3 rings (SSSR count). The highest BCUT2D eigenvalue weighted by atomic mass is 35.5. The summed E-state index contributed by atoms with van der Waals surface area (Å²) < 4.78 is 43.6. The topological polar surface area (TPSA) is 103 Å². The molecule has 0 unspecified atom stereocenters. The monoisotopic (exact) mass is 502 g/mol. The summed E-state index contributed by atoms with van der Waals surface area (Å²) in [5.41, 5.74) is 1.39. The number of rotatable bonds is 9. The lowest BCUT2D eigenvalue weighted by Gasteiger charge is -2.14. The molecule has 0 heterocycles. The van der Waals surface area contributed by atoms with Crippen molar-refractivity contribution in [3.8, 4) is 17.2 Å². The number of methoxy groups -OCH3 is 3. The maximum atomic E-state index is 12.6. The Balaban J connectivity index is 1.70. The number of carbonyl (C=O) groups is 1. The van der Waals surface area contributed by atoms with Crippen molar-refractivity contribution in [1.82, 2.24) is 0 Å². The van der Waals surface area contributed by atoms with Gasteiger partial charge in [-0.05, 0) is 60.7 Å². The minimum atomic E-state index is -3.81. The van der Waals surface area contributed by atoms with Gasteiger partial charge in [-0.3, -0.25) is 9.52 Å². The molecule has 1 amide bonds. The molecule has 0 spiro atoms. The third kappa shape index (κ3) is 6.00. The van der Waals surface area contributed by atoms with E-state index in [9.17, 15) is 13.2 Å². The summed E-state index contributed by atoms with van der Waals surface area (Å²) in [5.74, 6) is 0.925. The number of carbonyl (C=O) groups excluding carboxylic acids is 1. The second kappa shape index (κ2) is 11.0. The number of amides is 1. The Morgan fingerprint density at radius 1 is 0.882 bits per heavy atom. The summed E-state index contributed by atoms with van der Waals surface area (Å²) in [4.78, 5) is 12.4. The van der Waals surface area contributed by atoms with Crippen LogP contribution in [0.2, 0.25) is 5.02 Å². The fraction of sp³-hybridized carbons (Fsp3) is 0.125. The van der Waals surface area contributed by atoms with Crippen molar-refractivity contribution in [2.24, 2.45) is 0 Å². The van der Waals surface area contributed by atoms with E-state index in [1.165, 1.54) is 57.7 Å². The Labute approximate surface area is 203 Å². The minimum Gasteiger partial charge on any atom is -0.493 e. The molecule has 3 aromatic rings. The SMILES string of the molecule is COc1ccc(/C=C/C(=O)Nc2ccc(S(=O)(=O)Nc3cccc(Cl)c3)cc2)c(OC)c1OC. The molecule has 0 fully saturated rings. The second-order valence-electron chi connectivity index (χ2n) is 6.89. The van der Waals surface area contributed by atoms with Gasteiger partial charge in [0.05, 0.1) is 31.9 Å². The van der Waals surface area contributed by atoms with Crippen LogP contribution in [0.4, 0.5) is 11.4 Å². The Morgan fingerprint density at radius 3 is 2.21 bits per heavy atom. The highest BCUT2D eigenvalue weighted by Crippen LogP contribution is 2.40. The standard InChI is InChI=1S/C24H23ClN2O6S/c1-31-21-13-7-16(23(32-2)24(21)33-3)8-14-22(28)26-18-9-11-20(12-10-18)34(29,30)27-19-6-4-5-17(25)15-19/h4-15,27H,1-3H3,(H,26,28)/b14-8+. The average Bonchev–Trinajstić information content (AvgIpc) is 2.82. The van der Waals surface area contributed by atoms with Crippen molar-refractivity contribution in [2.75, 3.05) is 31.4 Å². The van der Waals surface area contributed by atoms with Gasteiger partial charge in [-0.15, -0.1) is 0 Å². The Hall–Kier alpha value is -3.69. The van der Waals surface area contributed by atoms with E-state index in [1.54, 1.807) is 36.4 Å². The average molecular weight is 503 g/mol. The first-order valence-electron chi connectivity index (χ1n) is 9.94. The van der Waals surface area contributed by atoms with Gasteiger partial charge in [0.1, 0.15) is 0 Å². The van der Waals surface area contributed by atoms with Crippen molar-refractivity contribution >= 4 is 45.0 Å². The van der Waals surface area contributed by atoms with Crippen LogP contribution in [0.15, 0.2) is 71.6 Å². The summed E-state index contributed by atoms with van der Waals surface area (Å²) in [5, 5.41) is 3.10. The van der Waals surface area contributed by atoms with Gasteiger partial charge in [0, 0.05) is 22.3 Å². The largest absolute Gasteiger partial charge is 0.493 e. The number of halogens is 1. The zero-order valence-corrected chi connectivity index (χ0v) is 20.2. The zero-order chi connectivity index (χ0) is 24.7. The number of anilines is 2. The van der Waals surface area contributed by atoms with Gasteiger partial charge in [0.15, 0.2) is 11.5 Å². The van der Waals surface area contributed by atoms with Gasteiger partial charge in [-0.25, -0.2) is 8.42 Å². The van der Waals surface area contributed by atoms with Crippen LogP contribution in [-0.2, 0) is 14.8 Å². The van der Waals surface area contributed by atoms with Crippen molar-refractivity contribution < 1.29 is 27.4 Å². The van der Waals surface area contributed by atoms with Crippen LogP contribution in [0.25, 0.3) is 6.08 Å². The summed E-state index contributed by atoms with van der Waals surface area (Å²) in [7, 11) is 0.692. The predicted octanol–water partition coefficient (Wildman–Crippen LogP) is 4.82. The fourth-order valence-corrected chi connectivity index (χ4v) is 4.33. The second-order valence-corrected chi connectivity index (χ2v) is 9.01. The molecule has 0 saturated carbocycles. The molecule has 0 radical (unpaired) electrons. The highest BCUT2D eigenvalue weighted by molar-refractivity contribution is 7.92. The lowest BCUT2D eigenvalue weighted by Crippen LogP contribution is -2.13. The molecule has 0 bridgehead atoms. The lowest BCUT2D eigenvalue weighted by molar-refractivity contribution is -0.111. The third-order valence-corrected chi connectivity index (χ3v) is 6.29. The number of hydrogen-bond donors (Lipinski definition) is 2. The Kier molecular flexibility index (Phi) is 8.04. The van der Waals surface area contributed by atoms with Crippen LogP contribution < -0.4 is 24.2 Å². The molecule has 8 nitrogen and oxygen atoms in total. The van der Waals surface area contributed by atoms with Crippen molar-refractivity contribution in [1.29, 1.82) is 0 Å². The van der Waals surface area contributed by atoms with E-state index in [-0.39, 0.29) is 4.90 Å². The van der Waals surface area contributed by atoms with E-state index in [0.29, 0.717) is 39.2 Å². The number of hydrogen-bond acceptors (Lipinski definition) is 6. The molecule has 0 aliphatic carbocycles. The van der Waals surface area contributed by atoms with E-state index in [4.69, 9.17) is 25.8 Å². The number of benzene rings is 3. The molecule has 0 aromatic heterocycles. The molecular formula is C24H23ClN2O6S. The number of ether oxygens (including phenoxy) is 3. The van der Waals surface area contributed by atoms with Crippen LogP contribution in [0.5, 0.6) is 17.2 Å². The van der Waals surface area contributed by atoms with Gasteiger partial charge in [-0.2, -0.15) is 0 Å². The summed E-state index contributed by atoms with van der Waals surface area (Å²) >= 11 is 5.90. The summed E-state index contributed by atoms with van der Waals surface area (Å²) in [6.45, 7) is 0. The van der Waals surface area contributed by atoms with Crippen LogP contribution >= 0.6 is 11.6 Å². The van der Waals surface area contributed by atoms with Gasteiger partial charge in [-0.1, -0.05) is 17.7 Å². The molecule has 0 aliphatic heterocycles. The van der Waals surface area contributed by atoms with Gasteiger partial charge in [0.2, 0.25) is 11.7 Å². The highest BCUT2D eigenvalue weighted by Gasteiger charge is 2.16. The van der Waals surface area contributed by atoms with Crippen LogP contribution in [-0.4, -0.2) is 35.7 Å². The zero-order valence-electron chi connectivity index (χ0n) is 18.7. The smallest absolute Gasteiger partial charge is 0.261 e. The third-order valence-electron chi connectivity index (χ3n) is 4.66. The van der Waals surface area contributed by atoms with E-state index >= 15 is 0 Å². The molecule has 178 valence electrons. The maximum Gasteiger partial charge on any atom is 0.261 e. The first-order chi connectivity index (χ1) is 16.3. The molecule has 2 N–H and O–H groups in total. The normalized spacial score (nSPS) is 11.2. The first-order valence-corrected chi connectivity index (χ1v) is 11.8. The van der Waals surface area contributed by atoms with Crippen molar-refractivity contribution in [3.05, 3.63) is 77.3 Å². The maximum absolute atomic E-state index is 12.6. The van der Waals surface area contributed by atoms with E-state index in [1.807, 2.05) is 0 Å². The summed E-state index contributed by atoms with van der Waals surface area (Å²) in [6.07, 6.45) is 2.90. The van der Waals surface area contributed by atoms with Crippen LogP contribution in [0, 0.1) is 0 Å². The molecular weight excluding hydrogens is 480 g/mol. The Morgan fingerprint density at radius 2 is 1.59 bits per heavy atom. The van der Waals surface area contributed by atoms with Gasteiger partial charge >= 0.3 is 0 Å². The van der Waals surface area contributed by atoms with E-state index < -0.39 is 15.9 Å². The molecule has 3 aromatic carbocycles. The number of sulfonamides is 1. The molecule has 0 aliphatic rings.